The maximum absolute atomic E-state index is 13.1. The number of benzene rings is 1. The smallest absolute Gasteiger partial charge is 0.264 e. The summed E-state index contributed by atoms with van der Waals surface area (Å²) in [4.78, 5) is 12.9. The summed E-state index contributed by atoms with van der Waals surface area (Å²) in [5.41, 5.74) is 3.07. The molecule has 0 aliphatic heterocycles. The highest BCUT2D eigenvalue weighted by Gasteiger charge is 2.12. The van der Waals surface area contributed by atoms with Crippen LogP contribution in [0.1, 0.15) is 4.88 Å². The van der Waals surface area contributed by atoms with Crippen LogP contribution in [0.3, 0.4) is 0 Å². The lowest BCUT2D eigenvalue weighted by molar-refractivity contribution is -0.113. The van der Waals surface area contributed by atoms with Gasteiger partial charge in [-0.2, -0.15) is 5.10 Å². The van der Waals surface area contributed by atoms with Crippen molar-refractivity contribution >= 4 is 46.9 Å². The van der Waals surface area contributed by atoms with Crippen LogP contribution in [0.25, 0.3) is 0 Å². The largest absolute Gasteiger partial charge is 0.334 e. The molecular weight excluding hydrogens is 377 g/mol. The van der Waals surface area contributed by atoms with Gasteiger partial charge in [-0.25, -0.2) is 14.5 Å². The van der Waals surface area contributed by atoms with Gasteiger partial charge in [-0.1, -0.05) is 23.9 Å². The third-order valence-corrected chi connectivity index (χ3v) is 4.75. The van der Waals surface area contributed by atoms with Crippen LogP contribution in [0, 0.1) is 5.82 Å². The molecule has 11 heteroatoms. The van der Waals surface area contributed by atoms with E-state index in [2.05, 4.69) is 26.0 Å². The maximum Gasteiger partial charge on any atom is 0.264 e. The number of amides is 1. The highest BCUT2D eigenvalue weighted by molar-refractivity contribution is 7.99. The molecule has 1 amide bonds. The highest BCUT2D eigenvalue weighted by atomic mass is 32.2. The molecule has 0 spiro atoms. The molecule has 1 aromatic carbocycles. The van der Waals surface area contributed by atoms with Crippen molar-refractivity contribution in [3.05, 3.63) is 52.5 Å². The average molecular weight is 391 g/mol. The minimum absolute atomic E-state index is 0.0459. The van der Waals surface area contributed by atoms with Gasteiger partial charge in [0.15, 0.2) is 0 Å². The molecule has 0 saturated heterocycles. The maximum atomic E-state index is 13.1. The fourth-order valence-electron chi connectivity index (χ4n) is 1.86. The zero-order chi connectivity index (χ0) is 18.4. The van der Waals surface area contributed by atoms with Gasteiger partial charge in [-0.3, -0.25) is 4.79 Å². The molecule has 2 aromatic heterocycles. The first-order valence-corrected chi connectivity index (χ1v) is 9.19. The highest BCUT2D eigenvalue weighted by Crippen LogP contribution is 2.17. The lowest BCUT2D eigenvalue weighted by Crippen LogP contribution is -2.16. The number of thiophene rings is 1. The number of aromatic nitrogens is 3. The topological polar surface area (TPSA) is 110 Å². The summed E-state index contributed by atoms with van der Waals surface area (Å²) in [7, 11) is 0. The molecule has 0 fully saturated rings. The monoisotopic (exact) mass is 391 g/mol. The summed E-state index contributed by atoms with van der Waals surface area (Å²) in [6.07, 6.45) is 1.64. The number of hydrazone groups is 1. The number of nitrogens with zero attached hydrogens (tertiary/aromatic N) is 4. The second-order valence-electron chi connectivity index (χ2n) is 4.91. The van der Waals surface area contributed by atoms with Gasteiger partial charge in [0.05, 0.1) is 12.0 Å². The summed E-state index contributed by atoms with van der Waals surface area (Å²) >= 11 is 2.64. The first-order valence-electron chi connectivity index (χ1n) is 7.33. The van der Waals surface area contributed by atoms with Crippen LogP contribution in [-0.2, 0) is 4.79 Å². The lowest BCUT2D eigenvalue weighted by Gasteiger charge is -2.05. The van der Waals surface area contributed by atoms with Gasteiger partial charge in [0.2, 0.25) is 11.1 Å². The van der Waals surface area contributed by atoms with Crippen molar-refractivity contribution in [3.63, 3.8) is 0 Å². The Balaban J connectivity index is 1.52. The second-order valence-corrected chi connectivity index (χ2v) is 6.83. The predicted molar refractivity (Wildman–Crippen MR) is 101 cm³/mol. The number of anilines is 2. The number of thioether (sulfide) groups is 1. The standard InChI is InChI=1S/C15H14FN7OS2/c16-10-3-1-4-11(7-10)19-13(24)9-26-15-22-21-14(23(15)17)20-18-8-12-5-2-6-25-12/h1-8H,9,17H2,(H,19,24)(H,20,21)/b18-8+. The molecule has 4 N–H and O–H groups in total. The molecular formula is C15H14FN7OS2. The lowest BCUT2D eigenvalue weighted by atomic mass is 10.3. The number of halogens is 1. The normalized spacial score (nSPS) is 11.0. The van der Waals surface area contributed by atoms with Crippen molar-refractivity contribution < 1.29 is 9.18 Å². The van der Waals surface area contributed by atoms with E-state index in [0.717, 1.165) is 16.6 Å². The van der Waals surface area contributed by atoms with Gasteiger partial charge < -0.3 is 11.2 Å². The fourth-order valence-corrected chi connectivity index (χ4v) is 3.10. The van der Waals surface area contributed by atoms with E-state index < -0.39 is 5.82 Å². The first-order chi connectivity index (χ1) is 12.6. The molecule has 8 nitrogen and oxygen atoms in total. The Labute approximate surface area is 156 Å². The van der Waals surface area contributed by atoms with Gasteiger partial charge >= 0.3 is 0 Å². The van der Waals surface area contributed by atoms with E-state index in [-0.39, 0.29) is 17.6 Å². The van der Waals surface area contributed by atoms with Crippen molar-refractivity contribution in [1.29, 1.82) is 0 Å². The molecule has 134 valence electrons. The quantitative estimate of drug-likeness (QED) is 0.247. The van der Waals surface area contributed by atoms with Crippen LogP contribution >= 0.6 is 23.1 Å². The summed E-state index contributed by atoms with van der Waals surface area (Å²) in [5.74, 6) is 5.43. The first kappa shape index (κ1) is 17.9. The van der Waals surface area contributed by atoms with E-state index >= 15 is 0 Å². The fraction of sp³-hybridized carbons (Fsp3) is 0.0667. The van der Waals surface area contributed by atoms with Gasteiger partial charge in [0, 0.05) is 10.6 Å². The Morgan fingerprint density at radius 2 is 2.27 bits per heavy atom. The number of rotatable bonds is 7. The van der Waals surface area contributed by atoms with Gasteiger partial charge in [0.25, 0.3) is 5.95 Å². The van der Waals surface area contributed by atoms with Crippen LogP contribution in [0.15, 0.2) is 52.0 Å². The van der Waals surface area contributed by atoms with Crippen molar-refractivity contribution in [2.24, 2.45) is 5.10 Å². The van der Waals surface area contributed by atoms with Gasteiger partial charge in [0.1, 0.15) is 5.82 Å². The molecule has 0 unspecified atom stereocenters. The van der Waals surface area contributed by atoms with Crippen LogP contribution in [0.4, 0.5) is 16.0 Å². The van der Waals surface area contributed by atoms with Crippen molar-refractivity contribution in [2.45, 2.75) is 5.16 Å². The molecule has 0 aliphatic rings. The number of hydrogen-bond acceptors (Lipinski definition) is 8. The average Bonchev–Trinajstić information content (AvgIpc) is 3.24. The SMILES string of the molecule is Nn1c(N/N=C/c2cccs2)nnc1SCC(=O)Nc1cccc(F)c1. The number of nitrogens with one attached hydrogen (secondary N) is 2. The van der Waals surface area contributed by atoms with Gasteiger partial charge in [-0.05, 0) is 29.6 Å². The Morgan fingerprint density at radius 3 is 3.04 bits per heavy atom. The van der Waals surface area contributed by atoms with Crippen LogP contribution in [0.2, 0.25) is 0 Å². The van der Waals surface area contributed by atoms with E-state index in [9.17, 15) is 9.18 Å². The number of carbonyl (C=O) groups is 1. The van der Waals surface area contributed by atoms with E-state index in [1.807, 2.05) is 17.5 Å². The Hall–Kier alpha value is -2.92. The summed E-state index contributed by atoms with van der Waals surface area (Å²) in [5, 5.41) is 16.7. The van der Waals surface area contributed by atoms with Crippen molar-refractivity contribution in [3.8, 4) is 0 Å². The van der Waals surface area contributed by atoms with Crippen molar-refractivity contribution in [2.75, 3.05) is 22.3 Å². The number of nitrogen functional groups attached to an aromatic ring is 1. The molecule has 0 bridgehead atoms. The Kier molecular flexibility index (Phi) is 5.81. The summed E-state index contributed by atoms with van der Waals surface area (Å²) < 4.78 is 14.3. The molecule has 0 aliphatic carbocycles. The van der Waals surface area contributed by atoms with E-state index in [1.54, 1.807) is 23.6 Å². The Morgan fingerprint density at radius 1 is 1.38 bits per heavy atom. The summed E-state index contributed by atoms with van der Waals surface area (Å²) in [6, 6.07) is 9.49. The van der Waals surface area contributed by atoms with Crippen molar-refractivity contribution in [1.82, 2.24) is 14.9 Å². The number of hydrogen-bond donors (Lipinski definition) is 3. The van der Waals surface area contributed by atoms with Crippen LogP contribution < -0.4 is 16.6 Å². The van der Waals surface area contributed by atoms with Gasteiger partial charge in [-0.15, -0.1) is 21.5 Å². The minimum atomic E-state index is -0.420. The zero-order valence-electron chi connectivity index (χ0n) is 13.3. The van der Waals surface area contributed by atoms with Crippen LogP contribution in [-0.4, -0.2) is 32.7 Å². The number of nitrogens with two attached hydrogens (primary N) is 1. The molecule has 0 saturated carbocycles. The predicted octanol–water partition coefficient (Wildman–Crippen LogP) is 2.37. The minimum Gasteiger partial charge on any atom is -0.334 e. The molecule has 0 atom stereocenters. The molecule has 3 rings (SSSR count). The second kappa shape index (κ2) is 8.45. The summed E-state index contributed by atoms with van der Waals surface area (Å²) in [6.45, 7) is 0. The Bertz CT molecular complexity index is 911. The third kappa shape index (κ3) is 4.80. The zero-order valence-corrected chi connectivity index (χ0v) is 14.9. The molecule has 2 heterocycles. The molecule has 3 aromatic rings. The third-order valence-electron chi connectivity index (χ3n) is 3.00. The number of carbonyl (C=O) groups excluding carboxylic acids is 1. The molecule has 26 heavy (non-hydrogen) atoms. The van der Waals surface area contributed by atoms with E-state index in [1.165, 1.54) is 22.9 Å². The molecule has 0 radical (unpaired) electrons. The van der Waals surface area contributed by atoms with Crippen LogP contribution in [0.5, 0.6) is 0 Å². The van der Waals surface area contributed by atoms with E-state index in [0.29, 0.717) is 10.8 Å². The van der Waals surface area contributed by atoms with E-state index in [4.69, 9.17) is 5.84 Å².